The quantitative estimate of drug-likeness (QED) is 0.666. The molecule has 0 atom stereocenters. The van der Waals surface area contributed by atoms with Crippen molar-refractivity contribution in [2.45, 2.75) is 0 Å². The third-order valence-corrected chi connectivity index (χ3v) is 3.06. The number of nitrogens with two attached hydrogens (primary N) is 1. The summed E-state index contributed by atoms with van der Waals surface area (Å²) >= 11 is 5.91. The monoisotopic (exact) mass is 277 g/mol. The van der Waals surface area contributed by atoms with Gasteiger partial charge in [0.05, 0.1) is 5.69 Å². The summed E-state index contributed by atoms with van der Waals surface area (Å²) in [6, 6.07) is 11.2. The lowest BCUT2D eigenvalue weighted by Gasteiger charge is -2.22. The largest absolute Gasteiger partial charge is 0.384 e. The molecule has 0 fully saturated rings. The highest BCUT2D eigenvalue weighted by Crippen LogP contribution is 2.29. The molecule has 0 aliphatic heterocycles. The van der Waals surface area contributed by atoms with Crippen molar-refractivity contribution >= 4 is 28.8 Å². The molecule has 0 heterocycles. The smallest absolute Gasteiger partial charge is 0.124 e. The molecule has 19 heavy (non-hydrogen) atoms. The van der Waals surface area contributed by atoms with Gasteiger partial charge in [-0.15, -0.1) is 0 Å². The molecule has 0 unspecified atom stereocenters. The van der Waals surface area contributed by atoms with E-state index in [0.29, 0.717) is 10.6 Å². The number of hydrogen-bond acceptors (Lipinski definition) is 2. The van der Waals surface area contributed by atoms with Crippen LogP contribution in [0.25, 0.3) is 0 Å². The summed E-state index contributed by atoms with van der Waals surface area (Å²) in [5.41, 5.74) is 7.64. The molecule has 0 aromatic heterocycles. The van der Waals surface area contributed by atoms with Gasteiger partial charge in [-0.25, -0.2) is 4.39 Å². The van der Waals surface area contributed by atoms with Gasteiger partial charge in [-0.1, -0.05) is 11.6 Å². The van der Waals surface area contributed by atoms with E-state index in [1.165, 1.54) is 12.1 Å². The van der Waals surface area contributed by atoms with Gasteiger partial charge in [0.15, 0.2) is 0 Å². The standard InChI is InChI=1S/C14H13ClFN3/c1-19(11-5-3-10(16)4-6-11)13-7-2-9(15)8-12(13)14(17)18/h2-8H,1H3,(H3,17,18). The summed E-state index contributed by atoms with van der Waals surface area (Å²) < 4.78 is 12.9. The first-order valence-electron chi connectivity index (χ1n) is 5.62. The lowest BCUT2D eigenvalue weighted by atomic mass is 10.1. The van der Waals surface area contributed by atoms with Crippen LogP contribution in [0.5, 0.6) is 0 Å². The minimum Gasteiger partial charge on any atom is -0.384 e. The van der Waals surface area contributed by atoms with E-state index in [9.17, 15) is 4.39 Å². The van der Waals surface area contributed by atoms with Crippen molar-refractivity contribution in [2.24, 2.45) is 5.73 Å². The first-order valence-corrected chi connectivity index (χ1v) is 6.00. The van der Waals surface area contributed by atoms with Gasteiger partial charge in [0.2, 0.25) is 0 Å². The Labute approximate surface area is 115 Å². The van der Waals surface area contributed by atoms with E-state index in [1.54, 1.807) is 30.3 Å². The van der Waals surface area contributed by atoms with Crippen molar-refractivity contribution in [1.29, 1.82) is 5.41 Å². The van der Waals surface area contributed by atoms with E-state index in [0.717, 1.165) is 11.4 Å². The summed E-state index contributed by atoms with van der Waals surface area (Å²) in [5, 5.41) is 8.11. The van der Waals surface area contributed by atoms with E-state index in [-0.39, 0.29) is 11.7 Å². The van der Waals surface area contributed by atoms with Gasteiger partial charge in [0, 0.05) is 23.3 Å². The Hall–Kier alpha value is -2.07. The number of nitrogen functional groups attached to an aromatic ring is 1. The topological polar surface area (TPSA) is 53.1 Å². The summed E-state index contributed by atoms with van der Waals surface area (Å²) in [4.78, 5) is 1.83. The minimum atomic E-state index is -0.292. The molecule has 0 aliphatic carbocycles. The van der Waals surface area contributed by atoms with E-state index < -0.39 is 0 Å². The highest BCUT2D eigenvalue weighted by atomic mass is 35.5. The maximum absolute atomic E-state index is 12.9. The van der Waals surface area contributed by atoms with Gasteiger partial charge >= 0.3 is 0 Å². The zero-order valence-corrected chi connectivity index (χ0v) is 11.1. The number of rotatable bonds is 3. The Morgan fingerprint density at radius 3 is 2.42 bits per heavy atom. The summed E-state index contributed by atoms with van der Waals surface area (Å²) in [6.07, 6.45) is 0. The van der Waals surface area contributed by atoms with Crippen LogP contribution in [-0.2, 0) is 0 Å². The second-order valence-corrected chi connectivity index (χ2v) is 4.55. The average Bonchev–Trinajstić information content (AvgIpc) is 2.38. The number of amidine groups is 1. The second kappa shape index (κ2) is 5.28. The fourth-order valence-corrected chi connectivity index (χ4v) is 1.99. The van der Waals surface area contributed by atoms with Crippen LogP contribution in [0.4, 0.5) is 15.8 Å². The third kappa shape index (κ3) is 2.85. The normalized spacial score (nSPS) is 10.3. The fourth-order valence-electron chi connectivity index (χ4n) is 1.82. The Kier molecular flexibility index (Phi) is 3.71. The van der Waals surface area contributed by atoms with Gasteiger partial charge in [-0.05, 0) is 42.5 Å². The Bertz CT molecular complexity index is 611. The van der Waals surface area contributed by atoms with Gasteiger partial charge < -0.3 is 10.6 Å². The van der Waals surface area contributed by atoms with Crippen LogP contribution in [0, 0.1) is 11.2 Å². The van der Waals surface area contributed by atoms with Crippen LogP contribution >= 0.6 is 11.6 Å². The molecule has 98 valence electrons. The molecule has 3 N–H and O–H groups in total. The number of halogens is 2. The zero-order valence-electron chi connectivity index (χ0n) is 10.3. The number of hydrogen-bond donors (Lipinski definition) is 2. The third-order valence-electron chi connectivity index (χ3n) is 2.82. The van der Waals surface area contributed by atoms with Crippen LogP contribution in [0.1, 0.15) is 5.56 Å². The molecular formula is C14H13ClFN3. The molecule has 2 aromatic carbocycles. The molecule has 0 radical (unpaired) electrons. The number of nitrogens with zero attached hydrogens (tertiary/aromatic N) is 1. The summed E-state index contributed by atoms with van der Waals surface area (Å²) in [6.45, 7) is 0. The Morgan fingerprint density at radius 2 is 1.84 bits per heavy atom. The van der Waals surface area contributed by atoms with Gasteiger partial charge in [0.1, 0.15) is 11.7 Å². The van der Waals surface area contributed by atoms with Crippen molar-refractivity contribution in [2.75, 3.05) is 11.9 Å². The lowest BCUT2D eigenvalue weighted by molar-refractivity contribution is 0.628. The highest BCUT2D eigenvalue weighted by Gasteiger charge is 2.12. The molecule has 2 rings (SSSR count). The number of anilines is 2. The van der Waals surface area contributed by atoms with Gasteiger partial charge in [-0.2, -0.15) is 0 Å². The predicted octanol–water partition coefficient (Wildman–Crippen LogP) is 3.53. The summed E-state index contributed by atoms with van der Waals surface area (Å²) in [5.74, 6) is -0.355. The Morgan fingerprint density at radius 1 is 1.21 bits per heavy atom. The number of benzene rings is 2. The molecule has 0 amide bonds. The molecule has 3 nitrogen and oxygen atoms in total. The predicted molar refractivity (Wildman–Crippen MR) is 76.9 cm³/mol. The SMILES string of the molecule is CN(c1ccc(F)cc1)c1ccc(Cl)cc1C(=N)N. The molecular weight excluding hydrogens is 265 g/mol. The molecule has 0 spiro atoms. The van der Waals surface area contributed by atoms with Crippen LogP contribution < -0.4 is 10.6 Å². The van der Waals surface area contributed by atoms with E-state index in [2.05, 4.69) is 0 Å². The van der Waals surface area contributed by atoms with Crippen molar-refractivity contribution in [3.63, 3.8) is 0 Å². The summed E-state index contributed by atoms with van der Waals surface area (Å²) in [7, 11) is 1.82. The molecule has 0 saturated heterocycles. The van der Waals surface area contributed by atoms with E-state index >= 15 is 0 Å². The highest BCUT2D eigenvalue weighted by molar-refractivity contribution is 6.31. The van der Waals surface area contributed by atoms with Crippen LogP contribution in [0.2, 0.25) is 5.02 Å². The number of nitrogens with one attached hydrogen (secondary N) is 1. The van der Waals surface area contributed by atoms with Gasteiger partial charge in [0.25, 0.3) is 0 Å². The van der Waals surface area contributed by atoms with Gasteiger partial charge in [-0.3, -0.25) is 5.41 Å². The van der Waals surface area contributed by atoms with E-state index in [1.807, 2.05) is 11.9 Å². The maximum Gasteiger partial charge on any atom is 0.124 e. The first kappa shape index (κ1) is 13.4. The molecule has 5 heteroatoms. The zero-order chi connectivity index (χ0) is 14.0. The minimum absolute atomic E-state index is 0.0635. The van der Waals surface area contributed by atoms with Crippen molar-refractivity contribution < 1.29 is 4.39 Å². The molecule has 0 bridgehead atoms. The lowest BCUT2D eigenvalue weighted by Crippen LogP contribution is -2.18. The Balaban J connectivity index is 2.46. The van der Waals surface area contributed by atoms with Crippen LogP contribution in [0.3, 0.4) is 0 Å². The second-order valence-electron chi connectivity index (χ2n) is 4.11. The molecule has 2 aromatic rings. The first-order chi connectivity index (χ1) is 8.99. The van der Waals surface area contributed by atoms with Crippen molar-refractivity contribution in [3.8, 4) is 0 Å². The van der Waals surface area contributed by atoms with Crippen molar-refractivity contribution in [1.82, 2.24) is 0 Å². The maximum atomic E-state index is 12.9. The molecule has 0 aliphatic rings. The van der Waals surface area contributed by atoms with Crippen LogP contribution in [0.15, 0.2) is 42.5 Å². The van der Waals surface area contributed by atoms with Crippen molar-refractivity contribution in [3.05, 3.63) is 58.9 Å². The average molecular weight is 278 g/mol. The van der Waals surface area contributed by atoms with Crippen LogP contribution in [-0.4, -0.2) is 12.9 Å². The molecule has 0 saturated carbocycles. The van der Waals surface area contributed by atoms with E-state index in [4.69, 9.17) is 22.7 Å². The fraction of sp³-hybridized carbons (Fsp3) is 0.0714.